The monoisotopic (exact) mass is 1200 g/mol. The summed E-state index contributed by atoms with van der Waals surface area (Å²) in [5.74, 6) is 2.31. The van der Waals surface area contributed by atoms with Gasteiger partial charge in [-0.25, -0.2) is 4.98 Å². The number of aromatic nitrogens is 2. The van der Waals surface area contributed by atoms with Crippen LogP contribution < -0.4 is 19.3 Å². The summed E-state index contributed by atoms with van der Waals surface area (Å²) >= 11 is 0. The molecule has 0 bridgehead atoms. The molecule has 3 heterocycles. The van der Waals surface area contributed by atoms with E-state index in [-0.39, 0.29) is 60.4 Å². The van der Waals surface area contributed by atoms with Gasteiger partial charge in [-0.05, 0) is 96.8 Å². The minimum atomic E-state index is -0.464. The molecule has 7 heteroatoms. The fourth-order valence-electron chi connectivity index (χ4n) is 9.86. The zero-order chi connectivity index (χ0) is 57.7. The number of ether oxygens (including phenoxy) is 2. The maximum atomic E-state index is 9.12. The van der Waals surface area contributed by atoms with E-state index in [1.807, 2.05) is 71.3 Å². The van der Waals surface area contributed by atoms with Crippen LogP contribution in [0.4, 0.5) is 22.7 Å². The van der Waals surface area contributed by atoms with Crippen LogP contribution in [0.1, 0.15) is 112 Å². The minimum absolute atomic E-state index is 0. The Bertz CT molecular complexity index is 4030. The van der Waals surface area contributed by atoms with Crippen molar-refractivity contribution >= 4 is 44.6 Å². The number of hydrogen-bond acceptors (Lipinski definition) is 5. The molecule has 0 saturated carbocycles. The fourth-order valence-corrected chi connectivity index (χ4v) is 9.86. The predicted octanol–water partition coefficient (Wildman–Crippen LogP) is 19.3. The second-order valence-electron chi connectivity index (χ2n) is 24.0. The maximum Gasteiger partial charge on any atom is 0.143 e. The molecule has 0 aliphatic carbocycles. The molecule has 0 atom stereocenters. The molecule has 11 rings (SSSR count). The van der Waals surface area contributed by atoms with Crippen LogP contribution in [-0.4, -0.2) is 9.55 Å². The van der Waals surface area contributed by atoms with Crippen LogP contribution in [0.5, 0.6) is 23.0 Å². The van der Waals surface area contributed by atoms with Gasteiger partial charge in [-0.1, -0.05) is 192 Å². The van der Waals surface area contributed by atoms with E-state index in [1.54, 1.807) is 18.3 Å². The Labute approximate surface area is 477 Å². The molecule has 1 aliphatic heterocycles. The number of benzene rings is 8. The number of para-hydroxylation sites is 4. The van der Waals surface area contributed by atoms with Crippen LogP contribution in [-0.2, 0) is 42.7 Å². The smallest absolute Gasteiger partial charge is 0.143 e. The molecule has 8 aromatic carbocycles. The Hall–Kier alpha value is -7.40. The summed E-state index contributed by atoms with van der Waals surface area (Å²) in [5, 5.41) is 1.94. The molecule has 2 aromatic heterocycles. The Morgan fingerprint density at radius 1 is 0.506 bits per heavy atom. The van der Waals surface area contributed by atoms with Gasteiger partial charge in [0.25, 0.3) is 0 Å². The summed E-state index contributed by atoms with van der Waals surface area (Å²) in [4.78, 5) is 9.37. The van der Waals surface area contributed by atoms with Crippen molar-refractivity contribution in [2.45, 2.75) is 105 Å². The molecule has 6 nitrogen and oxygen atoms in total. The molecule has 0 spiro atoms. The zero-order valence-electron chi connectivity index (χ0n) is 50.9. The number of fused-ring (bicyclic) bond motifs is 4. The quantitative estimate of drug-likeness (QED) is 0.135. The Morgan fingerprint density at radius 3 is 1.73 bits per heavy atom. The van der Waals surface area contributed by atoms with Crippen LogP contribution in [0, 0.1) is 18.8 Å². The average Bonchev–Trinajstić information content (AvgIpc) is 4.12. The largest absolute Gasteiger partial charge is 0.509 e. The van der Waals surface area contributed by atoms with Crippen molar-refractivity contribution < 1.29 is 37.4 Å². The molecule has 1 aliphatic rings. The summed E-state index contributed by atoms with van der Waals surface area (Å²) in [6.07, 6.45) is 1.69. The van der Waals surface area contributed by atoms with Gasteiger partial charge in [0.2, 0.25) is 0 Å². The van der Waals surface area contributed by atoms with Crippen molar-refractivity contribution in [3.63, 3.8) is 0 Å². The first-order valence-corrected chi connectivity index (χ1v) is 26.1. The van der Waals surface area contributed by atoms with Crippen molar-refractivity contribution in [1.82, 2.24) is 9.55 Å². The van der Waals surface area contributed by atoms with Crippen molar-refractivity contribution in [2.75, 3.05) is 9.80 Å². The first kappa shape index (κ1) is 46.9. The van der Waals surface area contributed by atoms with Crippen LogP contribution >= 0.6 is 0 Å². The molecular weight excluding hydrogens is 1120 g/mol. The fraction of sp³-hybridized carbons (Fsp3) is 0.229. The molecule has 0 N–H and O–H groups in total. The molecule has 0 unspecified atom stereocenters. The van der Waals surface area contributed by atoms with Gasteiger partial charge in [0, 0.05) is 78.5 Å². The van der Waals surface area contributed by atoms with Gasteiger partial charge in [-0.3, -0.25) is 0 Å². The number of hydrogen-bond donors (Lipinski definition) is 0. The Morgan fingerprint density at radius 2 is 1.08 bits per heavy atom. The van der Waals surface area contributed by atoms with Crippen molar-refractivity contribution in [3.05, 3.63) is 223 Å². The first-order chi connectivity index (χ1) is 38.2. The Balaban J connectivity index is 0.00000753. The van der Waals surface area contributed by atoms with Crippen LogP contribution in [0.25, 0.3) is 49.9 Å². The van der Waals surface area contributed by atoms with E-state index in [0.29, 0.717) is 39.9 Å². The van der Waals surface area contributed by atoms with Gasteiger partial charge in [-0.15, -0.1) is 48.1 Å². The van der Waals surface area contributed by atoms with Gasteiger partial charge in [-0.2, -0.15) is 12.1 Å². The summed E-state index contributed by atoms with van der Waals surface area (Å²) in [5.41, 5.74) is 11.9. The van der Waals surface area contributed by atoms with Crippen molar-refractivity contribution in [2.24, 2.45) is 0 Å². The number of anilines is 4. The minimum Gasteiger partial charge on any atom is -0.509 e. The molecule has 0 radical (unpaired) electrons. The Kier molecular flexibility index (Phi) is 12.3. The molecule has 0 amide bonds. The van der Waals surface area contributed by atoms with E-state index in [9.17, 15) is 0 Å². The summed E-state index contributed by atoms with van der Waals surface area (Å²) in [6.45, 7) is 28.8. The van der Waals surface area contributed by atoms with Crippen LogP contribution in [0.15, 0.2) is 182 Å². The predicted molar refractivity (Wildman–Crippen MR) is 316 cm³/mol. The standard InChI is InChI=1S/C70H67N4O2.Pt/c1-67(2,3)48-36-47(37-49(38-48)68(4,5)6)58-28-21-27-57(46-22-14-13-15-23-46)66(58)76-56-34-35-71-65(44-56)74-61-29-17-16-26-59(61)60-33-32-55(43-64(60)74)75-54-25-20-24-52(42-54)72-45-73(63-31-19-18-30-62(63)72)53-40-50(69(7,8)9)39-51(41-53)70(10,11)12;/h13-41,44-45H,1-12H3;/q-3;/i13D,14D,15D,22D,23D;. The molecular formula is C70H67N4O2Pt-3. The number of rotatable bonds is 9. The van der Waals surface area contributed by atoms with Crippen molar-refractivity contribution in [1.29, 1.82) is 0 Å². The van der Waals surface area contributed by atoms with Gasteiger partial charge < -0.3 is 23.8 Å². The molecule has 392 valence electrons. The van der Waals surface area contributed by atoms with Gasteiger partial charge >= 0.3 is 0 Å². The van der Waals surface area contributed by atoms with E-state index in [4.69, 9.17) is 21.3 Å². The molecule has 0 fully saturated rings. The third-order valence-corrected chi connectivity index (χ3v) is 14.3. The second-order valence-corrected chi connectivity index (χ2v) is 24.0. The normalized spacial score (nSPS) is 13.9. The van der Waals surface area contributed by atoms with Crippen LogP contribution in [0.3, 0.4) is 0 Å². The summed E-state index contributed by atoms with van der Waals surface area (Å²) in [6, 6.07) is 54.4. The first-order valence-electron chi connectivity index (χ1n) is 28.6. The molecule has 77 heavy (non-hydrogen) atoms. The van der Waals surface area contributed by atoms with Crippen LogP contribution in [0.2, 0.25) is 0 Å². The third kappa shape index (κ3) is 10.6. The average molecular weight is 1200 g/mol. The number of pyridine rings is 1. The van der Waals surface area contributed by atoms with Gasteiger partial charge in [0.1, 0.15) is 17.3 Å². The third-order valence-electron chi connectivity index (χ3n) is 14.3. The van der Waals surface area contributed by atoms with Gasteiger partial charge in [0.15, 0.2) is 0 Å². The van der Waals surface area contributed by atoms with E-state index in [1.165, 1.54) is 11.1 Å². The summed E-state index contributed by atoms with van der Waals surface area (Å²) < 4.78 is 59.8. The van der Waals surface area contributed by atoms with Crippen molar-refractivity contribution in [3.8, 4) is 51.1 Å². The van der Waals surface area contributed by atoms with E-state index >= 15 is 0 Å². The summed E-state index contributed by atoms with van der Waals surface area (Å²) in [7, 11) is 0. The topological polar surface area (TPSA) is 42.8 Å². The zero-order valence-corrected chi connectivity index (χ0v) is 48.2. The van der Waals surface area contributed by atoms with E-state index < -0.39 is 18.1 Å². The molecule has 0 saturated heterocycles. The van der Waals surface area contributed by atoms with Gasteiger partial charge in [0.05, 0.1) is 6.85 Å². The van der Waals surface area contributed by atoms with E-state index in [2.05, 4.69) is 178 Å². The second kappa shape index (κ2) is 20.2. The SMILES string of the molecule is [2H]c1c([2H])c([2H])c(-c2cccc(-c3cc(C(C)(C)C)cc(C(C)(C)C)c3)c2Oc2ccnc(-n3c4[c-]c(Oc5[c-]c(N6[CH-]N(c7cc(C(C)(C)C)cc(C(C)(C)C)c7)c7ccccc76)ccc5)ccc4c4ccccc43)c2)c([2H])c1[2H].[Pt]. The van der Waals surface area contributed by atoms with E-state index in [0.717, 1.165) is 61.2 Å². The number of nitrogens with zero attached hydrogens (tertiary/aromatic N) is 4. The molecule has 10 aromatic rings. The maximum absolute atomic E-state index is 9.12.